The Labute approximate surface area is 266 Å². The summed E-state index contributed by atoms with van der Waals surface area (Å²) in [6.45, 7) is 0. The molecule has 0 saturated heterocycles. The molecule has 0 N–H and O–H groups in total. The fraction of sp³-hybridized carbons (Fsp3) is 0. The van der Waals surface area contributed by atoms with E-state index in [1.807, 2.05) is 97.1 Å². The van der Waals surface area contributed by atoms with E-state index in [0.717, 1.165) is 44.2 Å². The van der Waals surface area contributed by atoms with Crippen molar-refractivity contribution in [1.82, 2.24) is 15.0 Å². The molecule has 4 nitrogen and oxygen atoms in total. The molecule has 0 bridgehead atoms. The number of carbonyl (C=O) groups excluding carboxylic acids is 1. The van der Waals surface area contributed by atoms with E-state index in [0.29, 0.717) is 17.2 Å². The van der Waals surface area contributed by atoms with Crippen LogP contribution in [0, 0.1) is 0 Å². The maximum Gasteiger partial charge on any atom is 0.230 e. The van der Waals surface area contributed by atoms with E-state index in [4.69, 9.17) is 15.0 Å². The molecule has 0 amide bonds. The summed E-state index contributed by atoms with van der Waals surface area (Å²) in [5, 5.41) is 4.61. The Morgan fingerprint density at radius 2 is 0.783 bits per heavy atom. The van der Waals surface area contributed by atoms with Gasteiger partial charge in [0.15, 0.2) is 11.6 Å². The molecular weight excluding hydrogens is 562 g/mol. The van der Waals surface area contributed by atoms with Crippen LogP contribution < -0.4 is 0 Å². The van der Waals surface area contributed by atoms with Gasteiger partial charge in [-0.3, -0.25) is 4.79 Å². The maximum absolute atomic E-state index is 14.5. The van der Waals surface area contributed by atoms with Crippen molar-refractivity contribution in [1.29, 1.82) is 0 Å². The summed E-state index contributed by atoms with van der Waals surface area (Å²) in [7, 11) is 0. The molecule has 0 atom stereocenters. The number of nitrogens with zero attached hydrogens (tertiary/aromatic N) is 3. The van der Waals surface area contributed by atoms with Crippen LogP contribution in [0.3, 0.4) is 0 Å². The predicted molar refractivity (Wildman–Crippen MR) is 186 cm³/mol. The minimum absolute atomic E-state index is 0.104. The molecule has 0 unspecified atom stereocenters. The van der Waals surface area contributed by atoms with Gasteiger partial charge in [-0.25, -0.2) is 15.0 Å². The number of aromatic nitrogens is 3. The number of hydrogen-bond acceptors (Lipinski definition) is 4. The molecule has 0 aliphatic rings. The topological polar surface area (TPSA) is 55.7 Å². The van der Waals surface area contributed by atoms with Gasteiger partial charge < -0.3 is 0 Å². The Morgan fingerprint density at radius 1 is 0.348 bits per heavy atom. The number of benzene rings is 7. The Morgan fingerprint density at radius 3 is 1.26 bits per heavy atom. The fourth-order valence-electron chi connectivity index (χ4n) is 5.87. The fourth-order valence-corrected chi connectivity index (χ4v) is 5.87. The molecule has 0 spiro atoms. The molecule has 216 valence electrons. The van der Waals surface area contributed by atoms with Gasteiger partial charge in [-0.2, -0.15) is 0 Å². The third kappa shape index (κ3) is 5.33. The normalized spacial score (nSPS) is 11.1. The maximum atomic E-state index is 14.5. The Balaban J connectivity index is 1.31. The molecule has 0 aliphatic heterocycles. The Hall–Kier alpha value is -6.26. The summed E-state index contributed by atoms with van der Waals surface area (Å²) in [6.07, 6.45) is 0. The number of ketones is 1. The van der Waals surface area contributed by atoms with Gasteiger partial charge in [-0.05, 0) is 74.1 Å². The van der Waals surface area contributed by atoms with Crippen LogP contribution in [0.15, 0.2) is 164 Å². The lowest BCUT2D eigenvalue weighted by atomic mass is 9.92. The lowest BCUT2D eigenvalue weighted by molar-refractivity contribution is 0.102. The zero-order chi connectivity index (χ0) is 30.9. The molecule has 0 fully saturated rings. The Kier molecular flexibility index (Phi) is 6.93. The van der Waals surface area contributed by atoms with Crippen LogP contribution in [0.4, 0.5) is 0 Å². The second kappa shape index (κ2) is 11.7. The summed E-state index contributed by atoms with van der Waals surface area (Å²) in [5.74, 6) is 0.755. The highest BCUT2D eigenvalue weighted by Crippen LogP contribution is 2.33. The molecule has 46 heavy (non-hydrogen) atoms. The van der Waals surface area contributed by atoms with Gasteiger partial charge in [0, 0.05) is 16.7 Å². The van der Waals surface area contributed by atoms with Crippen LogP contribution in [0.25, 0.3) is 66.6 Å². The summed E-state index contributed by atoms with van der Waals surface area (Å²) in [6, 6.07) is 54.9. The molecule has 8 aromatic rings. The van der Waals surface area contributed by atoms with E-state index in [2.05, 4.69) is 66.7 Å². The van der Waals surface area contributed by atoms with E-state index < -0.39 is 0 Å². The molecule has 0 radical (unpaired) electrons. The first-order valence-electron chi connectivity index (χ1n) is 15.2. The van der Waals surface area contributed by atoms with Crippen molar-refractivity contribution in [3.63, 3.8) is 0 Å². The summed E-state index contributed by atoms with van der Waals surface area (Å²) < 4.78 is 0. The van der Waals surface area contributed by atoms with Gasteiger partial charge in [0.2, 0.25) is 11.6 Å². The summed E-state index contributed by atoms with van der Waals surface area (Å²) in [4.78, 5) is 28.7. The van der Waals surface area contributed by atoms with Crippen molar-refractivity contribution in [3.8, 4) is 45.0 Å². The van der Waals surface area contributed by atoms with Crippen molar-refractivity contribution >= 4 is 27.3 Å². The van der Waals surface area contributed by atoms with Gasteiger partial charge in [-0.15, -0.1) is 0 Å². The van der Waals surface area contributed by atoms with Gasteiger partial charge in [-0.1, -0.05) is 133 Å². The van der Waals surface area contributed by atoms with E-state index in [9.17, 15) is 4.79 Å². The number of rotatable bonds is 6. The number of carbonyl (C=O) groups is 1. The van der Waals surface area contributed by atoms with Gasteiger partial charge in [0.25, 0.3) is 0 Å². The molecular formula is C42H27N3O. The SMILES string of the molecule is O=C(c1cc(-c2ccc3ccccc3c2)cc(-c2ccc3ccccc3c2)c1)c1nc(-c2ccccc2)nc(-c2ccccc2)n1. The second-order valence-electron chi connectivity index (χ2n) is 11.3. The van der Waals surface area contributed by atoms with Crippen LogP contribution in [0.2, 0.25) is 0 Å². The second-order valence-corrected chi connectivity index (χ2v) is 11.3. The largest absolute Gasteiger partial charge is 0.285 e. The molecule has 0 aliphatic carbocycles. The van der Waals surface area contributed by atoms with Crippen molar-refractivity contribution in [2.45, 2.75) is 0 Å². The van der Waals surface area contributed by atoms with Crippen LogP contribution in [0.5, 0.6) is 0 Å². The molecule has 0 saturated carbocycles. The lowest BCUT2D eigenvalue weighted by Gasteiger charge is -2.12. The number of fused-ring (bicyclic) bond motifs is 2. The summed E-state index contributed by atoms with van der Waals surface area (Å²) in [5.41, 5.74) is 6.09. The minimum atomic E-state index is -0.263. The van der Waals surface area contributed by atoms with Crippen molar-refractivity contribution in [2.24, 2.45) is 0 Å². The standard InChI is InChI=1S/C42H27N3O/c46-39(42-44-40(30-13-3-1-4-14-30)43-41(45-42)31-15-5-2-6-16-31)38-26-36(34-21-19-28-11-7-9-17-32(28)23-34)25-37(27-38)35-22-20-29-12-8-10-18-33(29)24-35/h1-27H. The highest BCUT2D eigenvalue weighted by atomic mass is 16.1. The van der Waals surface area contributed by atoms with Gasteiger partial charge in [0.05, 0.1) is 0 Å². The quantitative estimate of drug-likeness (QED) is 0.181. The van der Waals surface area contributed by atoms with Crippen molar-refractivity contribution in [3.05, 3.63) is 175 Å². The van der Waals surface area contributed by atoms with E-state index in [1.165, 1.54) is 10.8 Å². The molecule has 8 rings (SSSR count). The van der Waals surface area contributed by atoms with Crippen molar-refractivity contribution in [2.75, 3.05) is 0 Å². The van der Waals surface area contributed by atoms with Crippen LogP contribution in [-0.4, -0.2) is 20.7 Å². The highest BCUT2D eigenvalue weighted by molar-refractivity contribution is 6.08. The van der Waals surface area contributed by atoms with Crippen LogP contribution >= 0.6 is 0 Å². The monoisotopic (exact) mass is 589 g/mol. The smallest absolute Gasteiger partial charge is 0.230 e. The molecule has 7 aromatic carbocycles. The summed E-state index contributed by atoms with van der Waals surface area (Å²) >= 11 is 0. The average molecular weight is 590 g/mol. The van der Waals surface area contributed by atoms with Crippen LogP contribution in [0.1, 0.15) is 16.2 Å². The first kappa shape index (κ1) is 27.3. The lowest BCUT2D eigenvalue weighted by Crippen LogP contribution is -2.11. The van der Waals surface area contributed by atoms with Crippen LogP contribution in [-0.2, 0) is 0 Å². The first-order valence-corrected chi connectivity index (χ1v) is 15.2. The van der Waals surface area contributed by atoms with Gasteiger partial charge in [0.1, 0.15) is 0 Å². The zero-order valence-corrected chi connectivity index (χ0v) is 24.8. The molecule has 1 heterocycles. The third-order valence-corrected chi connectivity index (χ3v) is 8.26. The van der Waals surface area contributed by atoms with E-state index >= 15 is 0 Å². The van der Waals surface area contributed by atoms with Crippen molar-refractivity contribution < 1.29 is 4.79 Å². The predicted octanol–water partition coefficient (Wildman–Crippen LogP) is 10.1. The first-order chi connectivity index (χ1) is 22.7. The van der Waals surface area contributed by atoms with E-state index in [1.54, 1.807) is 0 Å². The number of hydrogen-bond donors (Lipinski definition) is 0. The minimum Gasteiger partial charge on any atom is -0.285 e. The highest BCUT2D eigenvalue weighted by Gasteiger charge is 2.20. The zero-order valence-electron chi connectivity index (χ0n) is 24.8. The molecule has 4 heteroatoms. The molecule has 1 aromatic heterocycles. The van der Waals surface area contributed by atoms with Gasteiger partial charge >= 0.3 is 0 Å². The third-order valence-electron chi connectivity index (χ3n) is 8.26. The average Bonchev–Trinajstić information content (AvgIpc) is 3.14. The van der Waals surface area contributed by atoms with E-state index in [-0.39, 0.29) is 11.6 Å². The Bertz CT molecular complexity index is 2230.